The number of halogens is 1. The molecule has 0 saturated heterocycles. The summed E-state index contributed by atoms with van der Waals surface area (Å²) in [5.74, 6) is 0.525. The SMILES string of the molecule is COc1ccc2sc(=NC(=O)CCCS(=O)(=O)c3ccc(F)cc3)n(CCSC)c2c1. The van der Waals surface area contributed by atoms with Crippen molar-refractivity contribution in [3.8, 4) is 5.75 Å². The lowest BCUT2D eigenvalue weighted by atomic mass is 10.3. The fraction of sp³-hybridized carbons (Fsp3) is 0.333. The summed E-state index contributed by atoms with van der Waals surface area (Å²) in [5.41, 5.74) is 0.948. The predicted molar refractivity (Wildman–Crippen MR) is 123 cm³/mol. The monoisotopic (exact) mass is 482 g/mol. The number of carbonyl (C=O) groups is 1. The van der Waals surface area contributed by atoms with Gasteiger partial charge in [0.05, 0.1) is 28.0 Å². The lowest BCUT2D eigenvalue weighted by molar-refractivity contribution is -0.118. The molecule has 0 saturated carbocycles. The molecule has 10 heteroatoms. The van der Waals surface area contributed by atoms with Gasteiger partial charge in [0.25, 0.3) is 0 Å². The average molecular weight is 483 g/mol. The molecule has 31 heavy (non-hydrogen) atoms. The molecule has 3 aromatic rings. The van der Waals surface area contributed by atoms with Crippen LogP contribution in [0.5, 0.6) is 5.75 Å². The van der Waals surface area contributed by atoms with Gasteiger partial charge in [0.15, 0.2) is 14.6 Å². The van der Waals surface area contributed by atoms with Crippen molar-refractivity contribution in [3.63, 3.8) is 0 Å². The molecular formula is C21H23FN2O4S3. The van der Waals surface area contributed by atoms with Gasteiger partial charge >= 0.3 is 0 Å². The third-order valence-corrected chi connectivity index (χ3v) is 8.07. The average Bonchev–Trinajstić information content (AvgIpc) is 3.08. The van der Waals surface area contributed by atoms with Crippen LogP contribution < -0.4 is 9.54 Å². The summed E-state index contributed by atoms with van der Waals surface area (Å²) in [5, 5.41) is 0. The van der Waals surface area contributed by atoms with Crippen molar-refractivity contribution in [2.24, 2.45) is 4.99 Å². The molecule has 0 radical (unpaired) electrons. The molecule has 0 spiro atoms. The highest BCUT2D eigenvalue weighted by atomic mass is 32.2. The third kappa shape index (κ3) is 5.96. The maximum Gasteiger partial charge on any atom is 0.248 e. The maximum absolute atomic E-state index is 13.0. The van der Waals surface area contributed by atoms with E-state index < -0.39 is 15.7 Å². The van der Waals surface area contributed by atoms with Gasteiger partial charge in [0.2, 0.25) is 5.91 Å². The van der Waals surface area contributed by atoms with Crippen molar-refractivity contribution < 1.29 is 22.3 Å². The maximum atomic E-state index is 13.0. The van der Waals surface area contributed by atoms with E-state index in [9.17, 15) is 17.6 Å². The number of thioether (sulfide) groups is 1. The first kappa shape index (κ1) is 23.5. The zero-order valence-corrected chi connectivity index (χ0v) is 19.7. The van der Waals surface area contributed by atoms with E-state index in [0.29, 0.717) is 11.3 Å². The number of amides is 1. The van der Waals surface area contributed by atoms with Gasteiger partial charge in [0.1, 0.15) is 11.6 Å². The smallest absolute Gasteiger partial charge is 0.248 e. The molecule has 6 nitrogen and oxygen atoms in total. The van der Waals surface area contributed by atoms with E-state index in [4.69, 9.17) is 4.74 Å². The molecule has 0 N–H and O–H groups in total. The van der Waals surface area contributed by atoms with Crippen molar-refractivity contribution in [2.75, 3.05) is 24.9 Å². The number of nitrogens with zero attached hydrogens (tertiary/aromatic N) is 2. The number of fused-ring (bicyclic) bond motifs is 1. The van der Waals surface area contributed by atoms with Gasteiger partial charge in [-0.3, -0.25) is 4.79 Å². The molecule has 0 atom stereocenters. The Bertz CT molecular complexity index is 1230. The summed E-state index contributed by atoms with van der Waals surface area (Å²) >= 11 is 3.11. The number of benzene rings is 2. The van der Waals surface area contributed by atoms with Gasteiger partial charge in [-0.15, -0.1) is 0 Å². The molecule has 166 valence electrons. The highest BCUT2D eigenvalue weighted by Gasteiger charge is 2.15. The molecule has 0 aliphatic heterocycles. The quantitative estimate of drug-likeness (QED) is 0.433. The molecule has 1 heterocycles. The van der Waals surface area contributed by atoms with Crippen LogP contribution in [0.3, 0.4) is 0 Å². The molecule has 0 aliphatic rings. The van der Waals surface area contributed by atoms with E-state index in [0.717, 1.165) is 33.9 Å². The fourth-order valence-corrected chi connectivity index (χ4v) is 5.73. The zero-order chi connectivity index (χ0) is 22.4. The van der Waals surface area contributed by atoms with Crippen LogP contribution >= 0.6 is 23.1 Å². The van der Waals surface area contributed by atoms with E-state index >= 15 is 0 Å². The Balaban J connectivity index is 1.76. The van der Waals surface area contributed by atoms with Crippen LogP contribution in [0.4, 0.5) is 4.39 Å². The molecule has 0 unspecified atom stereocenters. The summed E-state index contributed by atoms with van der Waals surface area (Å²) in [4.78, 5) is 17.3. The van der Waals surface area contributed by atoms with E-state index in [2.05, 4.69) is 4.99 Å². The lowest BCUT2D eigenvalue weighted by Gasteiger charge is -2.05. The fourth-order valence-electron chi connectivity index (χ4n) is 3.00. The molecule has 3 rings (SSSR count). The van der Waals surface area contributed by atoms with Crippen molar-refractivity contribution in [2.45, 2.75) is 24.3 Å². The van der Waals surface area contributed by atoms with Crippen LogP contribution in [0.25, 0.3) is 10.2 Å². The number of aryl methyl sites for hydroxylation is 1. The number of hydrogen-bond donors (Lipinski definition) is 0. The predicted octanol–water partition coefficient (Wildman–Crippen LogP) is 3.89. The minimum Gasteiger partial charge on any atom is -0.497 e. The molecule has 1 amide bonds. The van der Waals surface area contributed by atoms with Crippen LogP contribution in [0.15, 0.2) is 52.4 Å². The van der Waals surface area contributed by atoms with Crippen molar-refractivity contribution in [3.05, 3.63) is 53.1 Å². The van der Waals surface area contributed by atoms with Gasteiger partial charge in [-0.1, -0.05) is 11.3 Å². The van der Waals surface area contributed by atoms with Gasteiger partial charge < -0.3 is 9.30 Å². The second-order valence-corrected chi connectivity index (χ2v) is 10.8. The normalized spacial score (nSPS) is 12.4. The molecule has 0 bridgehead atoms. The second kappa shape index (κ2) is 10.4. The van der Waals surface area contributed by atoms with Gasteiger partial charge in [0, 0.05) is 24.8 Å². The lowest BCUT2D eigenvalue weighted by Crippen LogP contribution is -2.18. The number of ether oxygens (including phenoxy) is 1. The summed E-state index contributed by atoms with van der Waals surface area (Å²) < 4.78 is 46.0. The molecule has 2 aromatic carbocycles. The number of carbonyl (C=O) groups excluding carboxylic acids is 1. The molecular weight excluding hydrogens is 459 g/mol. The Morgan fingerprint density at radius 1 is 1.23 bits per heavy atom. The summed E-state index contributed by atoms with van der Waals surface area (Å²) in [6, 6.07) is 10.4. The highest BCUT2D eigenvalue weighted by molar-refractivity contribution is 7.98. The Morgan fingerprint density at radius 2 is 1.97 bits per heavy atom. The number of hydrogen-bond acceptors (Lipinski definition) is 6. The number of thiazole rings is 1. The van der Waals surface area contributed by atoms with E-state index in [1.54, 1.807) is 18.9 Å². The van der Waals surface area contributed by atoms with Crippen molar-refractivity contribution in [1.82, 2.24) is 4.57 Å². The standard InChI is InChI=1S/C21H23FN2O4S3/c1-28-16-7-10-19-18(14-16)24(11-12-29-2)21(30-19)23-20(25)4-3-13-31(26,27)17-8-5-15(22)6-9-17/h5-10,14H,3-4,11-13H2,1-2H3. The first-order valence-corrected chi connectivity index (χ1v) is 13.4. The van der Waals surface area contributed by atoms with Gasteiger partial charge in [-0.25, -0.2) is 12.8 Å². The minimum atomic E-state index is -3.57. The van der Waals surface area contributed by atoms with Gasteiger partial charge in [-0.2, -0.15) is 16.8 Å². The van der Waals surface area contributed by atoms with Crippen LogP contribution in [0.2, 0.25) is 0 Å². The van der Waals surface area contributed by atoms with Gasteiger partial charge in [-0.05, 0) is 49.1 Å². The molecule has 1 aromatic heterocycles. The number of aromatic nitrogens is 1. The summed E-state index contributed by atoms with van der Waals surface area (Å²) in [6.45, 7) is 0.694. The number of sulfone groups is 1. The van der Waals surface area contributed by atoms with Crippen LogP contribution in [0, 0.1) is 5.82 Å². The number of methoxy groups -OCH3 is 1. The largest absolute Gasteiger partial charge is 0.497 e. The highest BCUT2D eigenvalue weighted by Crippen LogP contribution is 2.23. The Labute approximate surface area is 188 Å². The summed E-state index contributed by atoms with van der Waals surface area (Å²) in [7, 11) is -1.97. The van der Waals surface area contributed by atoms with E-state index in [-0.39, 0.29) is 29.4 Å². The number of rotatable bonds is 9. The van der Waals surface area contributed by atoms with E-state index in [1.807, 2.05) is 29.0 Å². The van der Waals surface area contributed by atoms with E-state index in [1.165, 1.54) is 23.5 Å². The summed E-state index contributed by atoms with van der Waals surface area (Å²) in [6.07, 6.45) is 2.17. The van der Waals surface area contributed by atoms with Crippen LogP contribution in [-0.4, -0.2) is 43.8 Å². The first-order valence-electron chi connectivity index (χ1n) is 9.56. The Morgan fingerprint density at radius 3 is 2.65 bits per heavy atom. The van der Waals surface area contributed by atoms with Crippen molar-refractivity contribution >= 4 is 49.1 Å². The van der Waals surface area contributed by atoms with Crippen LogP contribution in [-0.2, 0) is 21.2 Å². The Kier molecular flexibility index (Phi) is 7.90. The van der Waals surface area contributed by atoms with Crippen molar-refractivity contribution in [1.29, 1.82) is 0 Å². The Hall–Kier alpha value is -2.17. The van der Waals surface area contributed by atoms with Crippen LogP contribution in [0.1, 0.15) is 12.8 Å². The molecule has 0 aliphatic carbocycles. The zero-order valence-electron chi connectivity index (χ0n) is 17.2. The molecule has 0 fully saturated rings. The minimum absolute atomic E-state index is 0.0144. The second-order valence-electron chi connectivity index (χ2n) is 6.74. The first-order chi connectivity index (χ1) is 14.8. The topological polar surface area (TPSA) is 77.7 Å². The third-order valence-electron chi connectivity index (χ3n) is 4.60.